The molecule has 1 fully saturated rings. The number of ether oxygens (including phenoxy) is 1. The summed E-state index contributed by atoms with van der Waals surface area (Å²) in [5.74, 6) is -1.91. The summed E-state index contributed by atoms with van der Waals surface area (Å²) in [6, 6.07) is 14.5. The monoisotopic (exact) mass is 523 g/mol. The van der Waals surface area contributed by atoms with Crippen molar-refractivity contribution >= 4 is 27.6 Å². The van der Waals surface area contributed by atoms with Gasteiger partial charge >= 0.3 is 12.1 Å². The number of nitrogens with zero attached hydrogens (tertiary/aromatic N) is 3. The lowest BCUT2D eigenvalue weighted by Gasteiger charge is -2.31. The predicted molar refractivity (Wildman–Crippen MR) is 123 cm³/mol. The van der Waals surface area contributed by atoms with E-state index in [-0.39, 0.29) is 38.9 Å². The number of nitriles is 1. The maximum absolute atomic E-state index is 13.3. The molecule has 36 heavy (non-hydrogen) atoms. The molecule has 1 amide bonds. The van der Waals surface area contributed by atoms with E-state index in [1.807, 2.05) is 6.07 Å². The molecule has 1 heterocycles. The average molecular weight is 524 g/mol. The number of alkyl halides is 3. The van der Waals surface area contributed by atoms with Gasteiger partial charge < -0.3 is 9.64 Å². The fourth-order valence-electron chi connectivity index (χ4n) is 3.89. The largest absolute Gasteiger partial charge is 0.455 e. The number of sulfonamides is 1. The summed E-state index contributed by atoms with van der Waals surface area (Å²) in [6.07, 6.45) is -4.67. The number of hydrogen-bond donors (Lipinski definition) is 0. The van der Waals surface area contributed by atoms with Gasteiger partial charge in [-0.15, -0.1) is 0 Å². The van der Waals surface area contributed by atoms with Gasteiger partial charge in [0.1, 0.15) is 0 Å². The Hall–Kier alpha value is -3.43. The molecule has 0 bridgehead atoms. The number of para-hydroxylation sites is 1. The minimum atomic E-state index is -4.83. The Morgan fingerprint density at radius 2 is 1.67 bits per heavy atom. The third-order valence-electron chi connectivity index (χ3n) is 5.75. The van der Waals surface area contributed by atoms with Crippen LogP contribution in [0.5, 0.6) is 0 Å². The number of anilines is 1. The lowest BCUT2D eigenvalue weighted by Crippen LogP contribution is -2.42. The van der Waals surface area contributed by atoms with Gasteiger partial charge in [0.25, 0.3) is 5.91 Å². The number of benzene rings is 2. The molecule has 1 aliphatic rings. The maximum atomic E-state index is 13.3. The van der Waals surface area contributed by atoms with E-state index in [9.17, 15) is 31.2 Å². The van der Waals surface area contributed by atoms with Crippen LogP contribution in [0, 0.1) is 17.2 Å². The van der Waals surface area contributed by atoms with Crippen LogP contribution in [0.2, 0.25) is 0 Å². The molecule has 2 aromatic rings. The highest BCUT2D eigenvalue weighted by Crippen LogP contribution is 2.36. The predicted octanol–water partition coefficient (Wildman–Crippen LogP) is 3.60. The third-order valence-corrected chi connectivity index (χ3v) is 7.71. The Morgan fingerprint density at radius 3 is 2.28 bits per heavy atom. The van der Waals surface area contributed by atoms with Gasteiger partial charge in [0.05, 0.1) is 28.9 Å². The SMILES string of the molecule is N#CCCN(C(=O)COC(=O)C1CCN(S(=O)(=O)c2ccccc2C(F)(F)F)CC1)c1ccccc1. The van der Waals surface area contributed by atoms with Crippen molar-refractivity contribution in [3.05, 3.63) is 60.2 Å². The van der Waals surface area contributed by atoms with Crippen molar-refractivity contribution in [2.75, 3.05) is 31.1 Å². The fourth-order valence-corrected chi connectivity index (χ4v) is 5.57. The van der Waals surface area contributed by atoms with E-state index >= 15 is 0 Å². The third kappa shape index (κ3) is 6.41. The van der Waals surface area contributed by atoms with E-state index in [1.54, 1.807) is 30.3 Å². The van der Waals surface area contributed by atoms with E-state index in [2.05, 4.69) is 0 Å². The second kappa shape index (κ2) is 11.5. The van der Waals surface area contributed by atoms with Gasteiger partial charge in [0, 0.05) is 25.3 Å². The summed E-state index contributed by atoms with van der Waals surface area (Å²) >= 11 is 0. The van der Waals surface area contributed by atoms with Crippen LogP contribution >= 0.6 is 0 Å². The summed E-state index contributed by atoms with van der Waals surface area (Å²) < 4.78 is 71.8. The standard InChI is InChI=1S/C24H24F3N3O5S/c25-24(26,27)20-9-4-5-10-21(20)36(33,34)29-15-11-18(12-16-29)23(32)35-17-22(31)30(14-6-13-28)19-7-2-1-3-8-19/h1-5,7-10,18H,6,11-12,14-17H2. The molecule has 0 saturated carbocycles. The smallest absolute Gasteiger partial charge is 0.417 e. The number of piperidine rings is 1. The Labute approximate surface area is 206 Å². The number of rotatable bonds is 8. The zero-order chi connectivity index (χ0) is 26.3. The molecule has 0 N–H and O–H groups in total. The summed E-state index contributed by atoms with van der Waals surface area (Å²) in [5, 5.41) is 8.86. The number of esters is 1. The van der Waals surface area contributed by atoms with Crippen molar-refractivity contribution in [2.24, 2.45) is 5.92 Å². The maximum Gasteiger partial charge on any atom is 0.417 e. The zero-order valence-electron chi connectivity index (χ0n) is 19.1. The number of halogens is 3. The molecule has 1 aliphatic heterocycles. The van der Waals surface area contributed by atoms with E-state index in [0.29, 0.717) is 11.8 Å². The van der Waals surface area contributed by atoms with Crippen molar-refractivity contribution in [1.29, 1.82) is 5.26 Å². The van der Waals surface area contributed by atoms with Crippen LogP contribution in [0.3, 0.4) is 0 Å². The fraction of sp³-hybridized carbons (Fsp3) is 0.375. The number of carbonyl (C=O) groups excluding carboxylic acids is 2. The Morgan fingerprint density at radius 1 is 1.06 bits per heavy atom. The molecule has 0 aliphatic carbocycles. The van der Waals surface area contributed by atoms with Gasteiger partial charge in [0.15, 0.2) is 6.61 Å². The molecule has 1 saturated heterocycles. The molecule has 2 aromatic carbocycles. The molecule has 0 atom stereocenters. The van der Waals surface area contributed by atoms with E-state index < -0.39 is 51.1 Å². The van der Waals surface area contributed by atoms with Crippen molar-refractivity contribution in [2.45, 2.75) is 30.3 Å². The molecule has 12 heteroatoms. The van der Waals surface area contributed by atoms with Gasteiger partial charge in [0.2, 0.25) is 10.0 Å². The number of amides is 1. The first-order valence-electron chi connectivity index (χ1n) is 11.1. The van der Waals surface area contributed by atoms with Crippen LogP contribution in [-0.2, 0) is 30.5 Å². The van der Waals surface area contributed by atoms with Crippen LogP contribution < -0.4 is 4.90 Å². The minimum absolute atomic E-state index is 0.0390. The van der Waals surface area contributed by atoms with Crippen LogP contribution in [0.25, 0.3) is 0 Å². The van der Waals surface area contributed by atoms with Gasteiger partial charge in [-0.25, -0.2) is 8.42 Å². The lowest BCUT2D eigenvalue weighted by molar-refractivity contribution is -0.153. The average Bonchev–Trinajstić information content (AvgIpc) is 2.87. The highest BCUT2D eigenvalue weighted by atomic mass is 32.2. The molecule has 8 nitrogen and oxygen atoms in total. The molecule has 3 rings (SSSR count). The van der Waals surface area contributed by atoms with Crippen molar-refractivity contribution in [3.63, 3.8) is 0 Å². The Kier molecular flexibility index (Phi) is 8.70. The van der Waals surface area contributed by atoms with Crippen molar-refractivity contribution < 1.29 is 35.9 Å². The van der Waals surface area contributed by atoms with Crippen molar-refractivity contribution in [3.8, 4) is 6.07 Å². The number of carbonyl (C=O) groups is 2. The van der Waals surface area contributed by atoms with Crippen LogP contribution in [0.1, 0.15) is 24.8 Å². The normalized spacial score (nSPS) is 15.2. The minimum Gasteiger partial charge on any atom is -0.455 e. The summed E-state index contributed by atoms with van der Waals surface area (Å²) in [4.78, 5) is 25.7. The highest BCUT2D eigenvalue weighted by molar-refractivity contribution is 7.89. The van der Waals surface area contributed by atoms with E-state index in [4.69, 9.17) is 10.00 Å². The Bertz CT molecular complexity index is 1220. The quantitative estimate of drug-likeness (QED) is 0.490. The second-order valence-electron chi connectivity index (χ2n) is 8.07. The van der Waals surface area contributed by atoms with Crippen molar-refractivity contribution in [1.82, 2.24) is 4.31 Å². The van der Waals surface area contributed by atoms with E-state index in [0.717, 1.165) is 16.4 Å². The summed E-state index contributed by atoms with van der Waals surface area (Å²) in [7, 11) is -4.43. The first-order chi connectivity index (χ1) is 17.1. The van der Waals surface area contributed by atoms with Crippen LogP contribution in [0.15, 0.2) is 59.5 Å². The van der Waals surface area contributed by atoms with Gasteiger partial charge in [-0.05, 0) is 37.1 Å². The first kappa shape index (κ1) is 27.2. The summed E-state index contributed by atoms with van der Waals surface area (Å²) in [6.45, 7) is -0.774. The lowest BCUT2D eigenvalue weighted by atomic mass is 9.98. The second-order valence-corrected chi connectivity index (χ2v) is 9.98. The molecule has 192 valence electrons. The van der Waals surface area contributed by atoms with Gasteiger partial charge in [-0.1, -0.05) is 30.3 Å². The van der Waals surface area contributed by atoms with Gasteiger partial charge in [-0.2, -0.15) is 22.7 Å². The summed E-state index contributed by atoms with van der Waals surface area (Å²) in [5.41, 5.74) is -0.698. The first-order valence-corrected chi connectivity index (χ1v) is 12.5. The van der Waals surface area contributed by atoms with Crippen LogP contribution in [-0.4, -0.2) is 50.8 Å². The molecular formula is C24H24F3N3O5S. The number of hydrogen-bond acceptors (Lipinski definition) is 6. The highest BCUT2D eigenvalue weighted by Gasteiger charge is 2.40. The molecule has 0 unspecified atom stereocenters. The van der Waals surface area contributed by atoms with Gasteiger partial charge in [-0.3, -0.25) is 9.59 Å². The molecular weight excluding hydrogens is 499 g/mol. The molecule has 0 radical (unpaired) electrons. The molecule has 0 aromatic heterocycles. The Balaban J connectivity index is 1.59. The van der Waals surface area contributed by atoms with Crippen LogP contribution in [0.4, 0.5) is 18.9 Å². The van der Waals surface area contributed by atoms with E-state index in [1.165, 1.54) is 11.0 Å². The topological polar surface area (TPSA) is 108 Å². The zero-order valence-corrected chi connectivity index (χ0v) is 20.0. The molecule has 0 spiro atoms.